The van der Waals surface area contributed by atoms with Gasteiger partial charge in [-0.3, -0.25) is 9.35 Å². The molecule has 0 aliphatic carbocycles. The van der Waals surface area contributed by atoms with Crippen molar-refractivity contribution in [1.82, 2.24) is 5.32 Å². The molecule has 0 aliphatic heterocycles. The van der Waals surface area contributed by atoms with Gasteiger partial charge in [0, 0.05) is 6.04 Å². The number of hydrogen-bond donors (Lipinski definition) is 2. The van der Waals surface area contributed by atoms with Crippen molar-refractivity contribution in [3.8, 4) is 0 Å². The summed E-state index contributed by atoms with van der Waals surface area (Å²) < 4.78 is 29.5. The molecule has 0 saturated carbocycles. The van der Waals surface area contributed by atoms with E-state index in [0.717, 1.165) is 44.9 Å². The van der Waals surface area contributed by atoms with Gasteiger partial charge in [-0.2, -0.15) is 8.42 Å². The highest BCUT2D eigenvalue weighted by Crippen LogP contribution is 2.10. The molecule has 0 radical (unpaired) electrons. The van der Waals surface area contributed by atoms with Crippen molar-refractivity contribution in [2.75, 3.05) is 5.75 Å². The molecule has 0 aromatic carbocycles. The molecule has 1 atom stereocenters. The van der Waals surface area contributed by atoms with Crippen LogP contribution >= 0.6 is 0 Å². The summed E-state index contributed by atoms with van der Waals surface area (Å²) in [6.45, 7) is 5.39. The standard InChI is InChI=1S/C14H27NO4S/c1-3-14(16)15-13(2)11-9-7-5-4-6-8-10-12-20(17,18)19/h3,13H,1,4-12H2,2H3,(H,15,16)(H,17,18,19). The van der Waals surface area contributed by atoms with Crippen LogP contribution in [0.25, 0.3) is 0 Å². The van der Waals surface area contributed by atoms with E-state index < -0.39 is 10.1 Å². The Labute approximate surface area is 122 Å². The number of amides is 1. The molecule has 6 heteroatoms. The van der Waals surface area contributed by atoms with Crippen LogP contribution in [0.15, 0.2) is 12.7 Å². The molecular formula is C14H27NO4S. The van der Waals surface area contributed by atoms with Crippen LogP contribution in [0.5, 0.6) is 0 Å². The first-order valence-electron chi connectivity index (χ1n) is 7.23. The third-order valence-corrected chi connectivity index (χ3v) is 3.92. The first-order chi connectivity index (χ1) is 9.35. The number of hydrogen-bond acceptors (Lipinski definition) is 3. The van der Waals surface area contributed by atoms with Crippen molar-refractivity contribution in [1.29, 1.82) is 0 Å². The molecule has 0 fully saturated rings. The number of carbonyl (C=O) groups excluding carboxylic acids is 1. The van der Waals surface area contributed by atoms with E-state index in [4.69, 9.17) is 4.55 Å². The normalized spacial score (nSPS) is 12.9. The molecule has 0 aromatic heterocycles. The van der Waals surface area contributed by atoms with Gasteiger partial charge < -0.3 is 5.32 Å². The lowest BCUT2D eigenvalue weighted by atomic mass is 10.1. The van der Waals surface area contributed by atoms with Crippen LogP contribution in [-0.2, 0) is 14.9 Å². The van der Waals surface area contributed by atoms with Crippen molar-refractivity contribution in [3.63, 3.8) is 0 Å². The molecule has 5 nitrogen and oxygen atoms in total. The average Bonchev–Trinajstić information content (AvgIpc) is 2.35. The lowest BCUT2D eigenvalue weighted by Crippen LogP contribution is -2.30. The second kappa shape index (κ2) is 10.9. The van der Waals surface area contributed by atoms with E-state index in [1.165, 1.54) is 6.08 Å². The summed E-state index contributed by atoms with van der Waals surface area (Å²) >= 11 is 0. The number of unbranched alkanes of at least 4 members (excludes halogenated alkanes) is 6. The number of rotatable bonds is 12. The van der Waals surface area contributed by atoms with Gasteiger partial charge in [-0.05, 0) is 25.8 Å². The van der Waals surface area contributed by atoms with Crippen LogP contribution in [0, 0.1) is 0 Å². The number of carbonyl (C=O) groups is 1. The van der Waals surface area contributed by atoms with E-state index in [-0.39, 0.29) is 17.7 Å². The maximum Gasteiger partial charge on any atom is 0.264 e. The van der Waals surface area contributed by atoms with E-state index >= 15 is 0 Å². The maximum atomic E-state index is 11.0. The summed E-state index contributed by atoms with van der Waals surface area (Å²) in [4.78, 5) is 11.0. The van der Waals surface area contributed by atoms with E-state index in [0.29, 0.717) is 6.42 Å². The molecule has 2 N–H and O–H groups in total. The van der Waals surface area contributed by atoms with Crippen molar-refractivity contribution in [2.45, 2.75) is 64.3 Å². The van der Waals surface area contributed by atoms with Gasteiger partial charge in [0.05, 0.1) is 5.75 Å². The highest BCUT2D eigenvalue weighted by molar-refractivity contribution is 7.85. The summed E-state index contributed by atoms with van der Waals surface area (Å²) in [5.41, 5.74) is 0. The fraction of sp³-hybridized carbons (Fsp3) is 0.786. The predicted molar refractivity (Wildman–Crippen MR) is 81.2 cm³/mol. The highest BCUT2D eigenvalue weighted by Gasteiger charge is 2.04. The van der Waals surface area contributed by atoms with E-state index in [2.05, 4.69) is 11.9 Å². The van der Waals surface area contributed by atoms with Crippen LogP contribution in [0.4, 0.5) is 0 Å². The molecule has 0 saturated heterocycles. The topological polar surface area (TPSA) is 83.5 Å². The van der Waals surface area contributed by atoms with Gasteiger partial charge in [-0.15, -0.1) is 0 Å². The Bertz CT molecular complexity index is 379. The third-order valence-electron chi connectivity index (χ3n) is 3.11. The Morgan fingerprint density at radius 2 is 1.65 bits per heavy atom. The van der Waals surface area contributed by atoms with Crippen LogP contribution in [-0.4, -0.2) is 30.7 Å². The van der Waals surface area contributed by atoms with Gasteiger partial charge in [-0.25, -0.2) is 0 Å². The minimum atomic E-state index is -3.79. The lowest BCUT2D eigenvalue weighted by Gasteiger charge is -2.11. The molecule has 0 bridgehead atoms. The minimum absolute atomic E-state index is 0.128. The average molecular weight is 305 g/mol. The summed E-state index contributed by atoms with van der Waals surface area (Å²) in [6.07, 6.45) is 9.00. The number of nitrogens with one attached hydrogen (secondary N) is 1. The smallest absolute Gasteiger partial charge is 0.264 e. The zero-order chi connectivity index (χ0) is 15.4. The molecule has 1 unspecified atom stereocenters. The van der Waals surface area contributed by atoms with E-state index in [9.17, 15) is 13.2 Å². The quantitative estimate of drug-likeness (QED) is 0.330. The molecule has 0 aliphatic rings. The van der Waals surface area contributed by atoms with Gasteiger partial charge in [0.1, 0.15) is 0 Å². The van der Waals surface area contributed by atoms with Crippen LogP contribution < -0.4 is 5.32 Å². The summed E-state index contributed by atoms with van der Waals surface area (Å²) in [5.74, 6) is -0.260. The third kappa shape index (κ3) is 13.5. The Hall–Kier alpha value is -0.880. The Balaban J connectivity index is 3.32. The lowest BCUT2D eigenvalue weighted by molar-refractivity contribution is -0.117. The first kappa shape index (κ1) is 19.1. The molecular weight excluding hydrogens is 278 g/mol. The Morgan fingerprint density at radius 1 is 1.15 bits per heavy atom. The second-order valence-corrected chi connectivity index (χ2v) is 6.74. The Morgan fingerprint density at radius 3 is 2.15 bits per heavy atom. The second-order valence-electron chi connectivity index (χ2n) is 5.16. The first-order valence-corrected chi connectivity index (χ1v) is 8.84. The van der Waals surface area contributed by atoms with Crippen LogP contribution in [0.1, 0.15) is 58.3 Å². The molecule has 0 heterocycles. The monoisotopic (exact) mass is 305 g/mol. The Kier molecular flexibility index (Phi) is 10.4. The molecule has 118 valence electrons. The maximum absolute atomic E-state index is 11.0. The van der Waals surface area contributed by atoms with E-state index in [1.54, 1.807) is 0 Å². The van der Waals surface area contributed by atoms with Crippen molar-refractivity contribution in [2.24, 2.45) is 0 Å². The van der Waals surface area contributed by atoms with E-state index in [1.807, 2.05) is 6.92 Å². The zero-order valence-corrected chi connectivity index (χ0v) is 13.1. The highest BCUT2D eigenvalue weighted by atomic mass is 32.2. The van der Waals surface area contributed by atoms with Gasteiger partial charge in [-0.1, -0.05) is 45.1 Å². The molecule has 0 aromatic rings. The van der Waals surface area contributed by atoms with Crippen molar-refractivity contribution in [3.05, 3.63) is 12.7 Å². The predicted octanol–water partition coefficient (Wildman–Crippen LogP) is 2.69. The minimum Gasteiger partial charge on any atom is -0.350 e. The molecule has 0 rings (SSSR count). The van der Waals surface area contributed by atoms with Gasteiger partial charge in [0.25, 0.3) is 10.1 Å². The summed E-state index contributed by atoms with van der Waals surface area (Å²) in [5, 5.41) is 2.82. The van der Waals surface area contributed by atoms with Crippen molar-refractivity contribution >= 4 is 16.0 Å². The zero-order valence-electron chi connectivity index (χ0n) is 12.3. The molecule has 0 spiro atoms. The summed E-state index contributed by atoms with van der Waals surface area (Å²) in [6, 6.07) is 0.176. The molecule has 1 amide bonds. The fourth-order valence-corrected chi connectivity index (χ4v) is 2.56. The fourth-order valence-electron chi connectivity index (χ4n) is 1.99. The van der Waals surface area contributed by atoms with Crippen LogP contribution in [0.2, 0.25) is 0 Å². The largest absolute Gasteiger partial charge is 0.350 e. The van der Waals surface area contributed by atoms with Crippen LogP contribution in [0.3, 0.4) is 0 Å². The molecule has 20 heavy (non-hydrogen) atoms. The van der Waals surface area contributed by atoms with Crippen molar-refractivity contribution < 1.29 is 17.8 Å². The van der Waals surface area contributed by atoms with Gasteiger partial charge in [0.15, 0.2) is 0 Å². The summed E-state index contributed by atoms with van der Waals surface area (Å²) in [7, 11) is -3.79. The SMILES string of the molecule is C=CC(=O)NC(C)CCCCCCCCCS(=O)(=O)O. The van der Waals surface area contributed by atoms with Gasteiger partial charge >= 0.3 is 0 Å². The van der Waals surface area contributed by atoms with Gasteiger partial charge in [0.2, 0.25) is 5.91 Å².